The number of hydrogen-bond acceptors (Lipinski definition) is 4. The van der Waals surface area contributed by atoms with Crippen LogP contribution in [0.25, 0.3) is 0 Å². The van der Waals surface area contributed by atoms with E-state index in [0.29, 0.717) is 36.1 Å². The van der Waals surface area contributed by atoms with Crippen LogP contribution in [0.3, 0.4) is 0 Å². The average Bonchev–Trinajstić information content (AvgIpc) is 3.27. The van der Waals surface area contributed by atoms with Crippen molar-refractivity contribution < 1.29 is 27.9 Å². The van der Waals surface area contributed by atoms with Gasteiger partial charge in [-0.2, -0.15) is 0 Å². The molecule has 2 aliphatic heterocycles. The Balaban J connectivity index is 1.85. The van der Waals surface area contributed by atoms with Gasteiger partial charge in [0.15, 0.2) is 0 Å². The van der Waals surface area contributed by atoms with Crippen molar-refractivity contribution in [2.45, 2.75) is 76.1 Å². The number of carbonyl (C=O) groups excluding carboxylic acids is 2. The van der Waals surface area contributed by atoms with Gasteiger partial charge in [-0.3, -0.25) is 9.59 Å². The Hall–Kier alpha value is -2.62. The van der Waals surface area contributed by atoms with Gasteiger partial charge in [-0.1, -0.05) is 51.1 Å². The van der Waals surface area contributed by atoms with Crippen LogP contribution in [0, 0.1) is 17.2 Å². The highest BCUT2D eigenvalue weighted by Gasteiger charge is 2.66. The number of halogens is 4. The maximum absolute atomic E-state index is 14.9. The van der Waals surface area contributed by atoms with Gasteiger partial charge in [0, 0.05) is 23.7 Å². The second-order valence-electron chi connectivity index (χ2n) is 12.4. The van der Waals surface area contributed by atoms with Crippen molar-refractivity contribution in [1.82, 2.24) is 10.6 Å². The minimum Gasteiger partial charge on any atom is -0.390 e. The van der Waals surface area contributed by atoms with Crippen LogP contribution >= 0.6 is 11.6 Å². The number of rotatable bonds is 7. The minimum atomic E-state index is -1.45. The van der Waals surface area contributed by atoms with Crippen molar-refractivity contribution >= 4 is 29.1 Å². The van der Waals surface area contributed by atoms with Crippen molar-refractivity contribution in [3.05, 3.63) is 64.7 Å². The lowest BCUT2D eigenvalue weighted by Gasteiger charge is -2.42. The number of alkyl halides is 1. The molecule has 1 aliphatic carbocycles. The van der Waals surface area contributed by atoms with Crippen LogP contribution in [-0.2, 0) is 15.0 Å². The second-order valence-corrected chi connectivity index (χ2v) is 12.8. The molecular weight excluding hydrogens is 531 g/mol. The molecule has 3 aliphatic rings. The number of allylic oxidation sites excluding steroid dienone is 4. The average molecular weight is 566 g/mol. The predicted octanol–water partition coefficient (Wildman–Crippen LogP) is 5.03. The molecule has 6 nitrogen and oxygen atoms in total. The highest BCUT2D eigenvalue weighted by atomic mass is 35.5. The van der Waals surface area contributed by atoms with Crippen LogP contribution < -0.4 is 16.0 Å². The molecule has 10 heteroatoms. The van der Waals surface area contributed by atoms with E-state index in [1.165, 1.54) is 24.3 Å². The Bertz CT molecular complexity index is 1250. The van der Waals surface area contributed by atoms with Gasteiger partial charge in [-0.25, -0.2) is 13.2 Å². The van der Waals surface area contributed by atoms with Gasteiger partial charge < -0.3 is 21.1 Å². The Morgan fingerprint density at radius 3 is 2.59 bits per heavy atom. The van der Waals surface area contributed by atoms with E-state index in [2.05, 4.69) is 22.5 Å². The van der Waals surface area contributed by atoms with E-state index in [9.17, 15) is 27.9 Å². The quantitative estimate of drug-likeness (QED) is 0.349. The summed E-state index contributed by atoms with van der Waals surface area (Å²) in [5.74, 6) is -3.45. The van der Waals surface area contributed by atoms with Gasteiger partial charge in [0.05, 0.1) is 16.7 Å². The van der Waals surface area contributed by atoms with Crippen LogP contribution in [0.4, 0.5) is 18.9 Å². The number of fused-ring (bicyclic) bond motifs is 2. The molecule has 1 saturated carbocycles. The van der Waals surface area contributed by atoms with Crippen molar-refractivity contribution in [1.29, 1.82) is 0 Å². The summed E-state index contributed by atoms with van der Waals surface area (Å²) in [5.41, 5.74) is -1.62. The lowest BCUT2D eigenvalue weighted by Crippen LogP contribution is -2.57. The lowest BCUT2D eigenvalue weighted by molar-refractivity contribution is -0.127. The van der Waals surface area contributed by atoms with Crippen molar-refractivity contribution in [2.24, 2.45) is 11.3 Å². The second kappa shape index (κ2) is 10.4. The first-order valence-electron chi connectivity index (χ1n) is 13.0. The van der Waals surface area contributed by atoms with Gasteiger partial charge >= 0.3 is 0 Å². The van der Waals surface area contributed by atoms with E-state index < -0.39 is 59.2 Å². The molecule has 4 rings (SSSR count). The Morgan fingerprint density at radius 2 is 2.00 bits per heavy atom. The fraction of sp³-hybridized carbons (Fsp3) is 0.517. The molecule has 0 radical (unpaired) electrons. The molecule has 4 N–H and O–H groups in total. The minimum absolute atomic E-state index is 0.155. The van der Waals surface area contributed by atoms with Crippen LogP contribution in [-0.4, -0.2) is 47.3 Å². The van der Waals surface area contributed by atoms with E-state index in [4.69, 9.17) is 11.6 Å². The van der Waals surface area contributed by atoms with Crippen LogP contribution in [0.5, 0.6) is 0 Å². The number of amides is 2. The van der Waals surface area contributed by atoms with Gasteiger partial charge in [-0.15, -0.1) is 0 Å². The first-order valence-corrected chi connectivity index (χ1v) is 13.3. The maximum atomic E-state index is 14.9. The summed E-state index contributed by atoms with van der Waals surface area (Å²) in [6, 6.07) is 0.742. The number of nitrogens with one attached hydrogen (secondary N) is 3. The molecule has 4 atom stereocenters. The molecule has 212 valence electrons. The highest BCUT2D eigenvalue weighted by Crippen LogP contribution is 2.55. The highest BCUT2D eigenvalue weighted by molar-refractivity contribution is 6.31. The van der Waals surface area contributed by atoms with E-state index >= 15 is 0 Å². The zero-order valence-electron chi connectivity index (χ0n) is 22.5. The molecule has 0 unspecified atom stereocenters. The fourth-order valence-corrected chi connectivity index (χ4v) is 6.47. The van der Waals surface area contributed by atoms with Gasteiger partial charge in [0.25, 0.3) is 0 Å². The number of aliphatic hydroxyl groups is 1. The molecule has 2 fully saturated rings. The third-order valence-electron chi connectivity index (χ3n) is 7.82. The number of carbonyl (C=O) groups is 2. The molecular formula is C29H35ClF3N3O3. The van der Waals surface area contributed by atoms with Crippen LogP contribution in [0.15, 0.2) is 48.3 Å². The molecule has 0 bridgehead atoms. The topological polar surface area (TPSA) is 90.5 Å². The maximum Gasteiger partial charge on any atom is 0.238 e. The summed E-state index contributed by atoms with van der Waals surface area (Å²) in [4.78, 5) is 27.7. The number of anilines is 1. The summed E-state index contributed by atoms with van der Waals surface area (Å²) < 4.78 is 41.0. The van der Waals surface area contributed by atoms with E-state index in [1.807, 2.05) is 20.8 Å². The van der Waals surface area contributed by atoms with Gasteiger partial charge in [0.2, 0.25) is 11.8 Å². The van der Waals surface area contributed by atoms with Crippen molar-refractivity contribution in [3.63, 3.8) is 0 Å². The monoisotopic (exact) mass is 565 g/mol. The summed E-state index contributed by atoms with van der Waals surface area (Å²) in [5, 5.41) is 19.1. The fourth-order valence-electron chi connectivity index (χ4n) is 6.30. The molecule has 2 amide bonds. The third-order valence-corrected chi connectivity index (χ3v) is 8.11. The molecule has 0 aromatic heterocycles. The van der Waals surface area contributed by atoms with Crippen LogP contribution in [0.1, 0.15) is 52.5 Å². The van der Waals surface area contributed by atoms with E-state index in [0.717, 1.165) is 6.08 Å². The Morgan fingerprint density at radius 1 is 1.33 bits per heavy atom. The summed E-state index contributed by atoms with van der Waals surface area (Å²) in [6.07, 6.45) is 4.86. The zero-order chi connectivity index (χ0) is 28.9. The largest absolute Gasteiger partial charge is 0.390 e. The Kier molecular flexibility index (Phi) is 7.84. The molecule has 1 aromatic carbocycles. The first kappa shape index (κ1) is 29.4. The SMILES string of the molecule is C=C(/C=C\C=C(\F)CF)[C@H]1[C@H](C(=O)N[C@H]2C[C@@](C)(O)C2)N[C@@H](CC(C)(C)C)[C@@]12C(=O)Nc1cc(Cl)c(F)cc12. The van der Waals surface area contributed by atoms with Crippen LogP contribution in [0.2, 0.25) is 5.02 Å². The molecule has 1 aromatic rings. The molecule has 1 spiro atoms. The van der Waals surface area contributed by atoms with E-state index in [-0.39, 0.29) is 16.5 Å². The predicted molar refractivity (Wildman–Crippen MR) is 145 cm³/mol. The third kappa shape index (κ3) is 5.54. The van der Waals surface area contributed by atoms with Gasteiger partial charge in [-0.05, 0) is 60.9 Å². The Labute approximate surface area is 231 Å². The lowest BCUT2D eigenvalue weighted by atomic mass is 9.62. The normalized spacial score (nSPS) is 32.3. The molecule has 2 heterocycles. The standard InChI is InChI=1S/C29H35ClF3N3O3/c1-15(7-6-8-16(32)14-31)23-24(25(37)34-17-11-28(5,39)12-17)36-22(13-27(2,3)4)29(23)18-9-20(33)19(30)10-21(18)35-26(29)38/h6-10,17,22-24,36,39H,1,11-14H2,2-5H3,(H,34,37)(H,35,38)/b7-6-,16-8+/t17-,22-,23-,24+,28+,29+/m0/s1. The van der Waals surface area contributed by atoms with Crippen molar-refractivity contribution in [3.8, 4) is 0 Å². The summed E-state index contributed by atoms with van der Waals surface area (Å²) in [7, 11) is 0. The van der Waals surface area contributed by atoms with E-state index in [1.54, 1.807) is 6.92 Å². The summed E-state index contributed by atoms with van der Waals surface area (Å²) in [6.45, 7) is 10.5. The number of benzene rings is 1. The molecule has 39 heavy (non-hydrogen) atoms. The zero-order valence-corrected chi connectivity index (χ0v) is 23.3. The smallest absolute Gasteiger partial charge is 0.238 e. The first-order chi connectivity index (χ1) is 18.1. The molecule has 1 saturated heterocycles. The summed E-state index contributed by atoms with van der Waals surface area (Å²) >= 11 is 6.04. The van der Waals surface area contributed by atoms with Gasteiger partial charge in [0.1, 0.15) is 23.7 Å². The van der Waals surface area contributed by atoms with Crippen molar-refractivity contribution in [2.75, 3.05) is 12.0 Å². The number of hydrogen-bond donors (Lipinski definition) is 4.